The molecule has 1 unspecified atom stereocenters. The molecule has 4 atom stereocenters. The Hall–Kier alpha value is -3.46. The molecule has 3 aromatic carbocycles. The predicted molar refractivity (Wildman–Crippen MR) is 122 cm³/mol. The van der Waals surface area contributed by atoms with Crippen molar-refractivity contribution in [2.45, 2.75) is 13.3 Å². The molecule has 3 heteroatoms. The number of imide groups is 1. The van der Waals surface area contributed by atoms with E-state index < -0.39 is 0 Å². The van der Waals surface area contributed by atoms with E-state index in [0.29, 0.717) is 5.69 Å². The molecule has 2 aliphatic carbocycles. The van der Waals surface area contributed by atoms with E-state index in [1.54, 1.807) is 0 Å². The lowest BCUT2D eigenvalue weighted by molar-refractivity contribution is -0.123. The molecule has 3 aliphatic rings. The summed E-state index contributed by atoms with van der Waals surface area (Å²) in [7, 11) is 0. The third-order valence-corrected chi connectivity index (χ3v) is 7.27. The Morgan fingerprint density at radius 2 is 1.10 bits per heavy atom. The third-order valence-electron chi connectivity index (χ3n) is 7.27. The Bertz CT molecular complexity index is 1140. The standard InChI is InChI=1S/C28H23NO2/c1-17-12-14-20(15-13-17)29-27(30)25-21-16-22(26(25)28(29)31)24(19-10-6-3-7-11-19)23(21)18-8-4-2-5-9-18/h2-15,21-22,25-26H,16H2,1H3/t21-,22-,25-,26?/m1/s1. The van der Waals surface area contributed by atoms with Gasteiger partial charge in [0.05, 0.1) is 17.5 Å². The molecule has 152 valence electrons. The van der Waals surface area contributed by atoms with E-state index >= 15 is 0 Å². The molecule has 6 rings (SSSR count). The summed E-state index contributed by atoms with van der Waals surface area (Å²) in [6, 6.07) is 28.5. The molecule has 2 bridgehead atoms. The third kappa shape index (κ3) is 2.59. The lowest BCUT2D eigenvalue weighted by atomic mass is 9.73. The highest BCUT2D eigenvalue weighted by molar-refractivity contribution is 6.24. The number of anilines is 1. The van der Waals surface area contributed by atoms with Crippen molar-refractivity contribution in [3.63, 3.8) is 0 Å². The van der Waals surface area contributed by atoms with Crippen LogP contribution in [-0.4, -0.2) is 11.8 Å². The first kappa shape index (κ1) is 18.3. The Kier molecular flexibility index (Phi) is 4.01. The van der Waals surface area contributed by atoms with E-state index in [9.17, 15) is 9.59 Å². The number of amides is 2. The summed E-state index contributed by atoms with van der Waals surface area (Å²) in [5.74, 6) is -0.430. The second kappa shape index (κ2) is 6.78. The first-order valence-electron chi connectivity index (χ1n) is 10.9. The number of allylic oxidation sites excluding steroid dienone is 2. The van der Waals surface area contributed by atoms with Crippen LogP contribution < -0.4 is 4.90 Å². The topological polar surface area (TPSA) is 37.4 Å². The average Bonchev–Trinajstić information content (AvgIpc) is 3.45. The molecular formula is C28H23NO2. The van der Waals surface area contributed by atoms with Crippen LogP contribution in [0.15, 0.2) is 84.9 Å². The molecule has 1 saturated carbocycles. The van der Waals surface area contributed by atoms with Gasteiger partial charge in [-0.25, -0.2) is 0 Å². The van der Waals surface area contributed by atoms with E-state index in [2.05, 4.69) is 48.5 Å². The van der Waals surface area contributed by atoms with Gasteiger partial charge in [-0.1, -0.05) is 78.4 Å². The Morgan fingerprint density at radius 3 is 1.55 bits per heavy atom. The van der Waals surface area contributed by atoms with Crippen molar-refractivity contribution in [2.24, 2.45) is 23.7 Å². The molecule has 1 saturated heterocycles. The van der Waals surface area contributed by atoms with Crippen LogP contribution in [0.25, 0.3) is 11.1 Å². The molecule has 1 heterocycles. The number of hydrogen-bond donors (Lipinski definition) is 0. The van der Waals surface area contributed by atoms with E-state index in [0.717, 1.165) is 12.0 Å². The molecule has 1 aliphatic heterocycles. The first-order valence-corrected chi connectivity index (χ1v) is 10.9. The minimum absolute atomic E-state index is 0.0353. The highest BCUT2D eigenvalue weighted by atomic mass is 16.2. The van der Waals surface area contributed by atoms with Crippen molar-refractivity contribution >= 4 is 28.6 Å². The summed E-state index contributed by atoms with van der Waals surface area (Å²) in [6.45, 7) is 2.01. The number of hydrogen-bond acceptors (Lipinski definition) is 2. The zero-order valence-corrected chi connectivity index (χ0v) is 17.4. The van der Waals surface area contributed by atoms with Crippen LogP contribution in [0, 0.1) is 30.6 Å². The van der Waals surface area contributed by atoms with Gasteiger partial charge >= 0.3 is 0 Å². The Labute approximate surface area is 182 Å². The number of benzene rings is 3. The maximum atomic E-state index is 13.6. The lowest BCUT2D eigenvalue weighted by Gasteiger charge is -2.27. The number of carbonyl (C=O) groups excluding carboxylic acids is 2. The number of rotatable bonds is 3. The molecule has 31 heavy (non-hydrogen) atoms. The molecule has 3 aromatic rings. The highest BCUT2D eigenvalue weighted by Crippen LogP contribution is 2.63. The zero-order valence-electron chi connectivity index (χ0n) is 17.4. The summed E-state index contributed by atoms with van der Waals surface area (Å²) in [5, 5.41) is 0. The largest absolute Gasteiger partial charge is 0.274 e. The first-order chi connectivity index (χ1) is 15.1. The van der Waals surface area contributed by atoms with Gasteiger partial charge in [-0.05, 0) is 59.6 Å². The molecular weight excluding hydrogens is 382 g/mol. The van der Waals surface area contributed by atoms with E-state index in [-0.39, 0.29) is 35.5 Å². The Balaban J connectivity index is 1.49. The van der Waals surface area contributed by atoms with Crippen LogP contribution in [0.5, 0.6) is 0 Å². The van der Waals surface area contributed by atoms with Gasteiger partial charge in [0.2, 0.25) is 11.8 Å². The van der Waals surface area contributed by atoms with Crippen LogP contribution in [0.1, 0.15) is 23.1 Å². The van der Waals surface area contributed by atoms with Crippen molar-refractivity contribution < 1.29 is 9.59 Å². The minimum atomic E-state index is -0.263. The van der Waals surface area contributed by atoms with Gasteiger partial charge in [0.25, 0.3) is 0 Å². The normalized spacial score (nSPS) is 26.7. The van der Waals surface area contributed by atoms with Gasteiger partial charge in [-0.15, -0.1) is 0 Å². The van der Waals surface area contributed by atoms with E-state index in [1.807, 2.05) is 43.3 Å². The summed E-state index contributed by atoms with van der Waals surface area (Å²) in [5.41, 5.74) is 6.65. The van der Waals surface area contributed by atoms with Crippen molar-refractivity contribution in [1.82, 2.24) is 0 Å². The monoisotopic (exact) mass is 405 g/mol. The van der Waals surface area contributed by atoms with Gasteiger partial charge in [0.15, 0.2) is 0 Å². The fourth-order valence-electron chi connectivity index (χ4n) is 6.04. The number of nitrogens with zero attached hydrogens (tertiary/aromatic N) is 1. The summed E-state index contributed by atoms with van der Waals surface area (Å²) in [6.07, 6.45) is 0.878. The number of fused-ring (bicyclic) bond motifs is 5. The molecule has 2 fully saturated rings. The maximum absolute atomic E-state index is 13.6. The summed E-state index contributed by atoms with van der Waals surface area (Å²) in [4.78, 5) is 28.6. The lowest BCUT2D eigenvalue weighted by Crippen LogP contribution is -2.32. The quantitative estimate of drug-likeness (QED) is 0.550. The Morgan fingerprint density at radius 1 is 0.645 bits per heavy atom. The fourth-order valence-corrected chi connectivity index (χ4v) is 6.04. The predicted octanol–water partition coefficient (Wildman–Crippen LogP) is 5.36. The van der Waals surface area contributed by atoms with Crippen LogP contribution in [0.3, 0.4) is 0 Å². The second-order valence-electron chi connectivity index (χ2n) is 8.91. The molecule has 2 amide bonds. The van der Waals surface area contributed by atoms with Crippen molar-refractivity contribution in [1.29, 1.82) is 0 Å². The minimum Gasteiger partial charge on any atom is -0.274 e. The van der Waals surface area contributed by atoms with Crippen LogP contribution in [-0.2, 0) is 9.59 Å². The molecule has 3 nitrogen and oxygen atoms in total. The van der Waals surface area contributed by atoms with E-state index in [4.69, 9.17) is 0 Å². The van der Waals surface area contributed by atoms with Crippen molar-refractivity contribution in [3.8, 4) is 0 Å². The van der Waals surface area contributed by atoms with Gasteiger partial charge in [-0.2, -0.15) is 0 Å². The molecule has 0 spiro atoms. The van der Waals surface area contributed by atoms with Gasteiger partial charge in [-0.3, -0.25) is 14.5 Å². The fraction of sp³-hybridized carbons (Fsp3) is 0.214. The second-order valence-corrected chi connectivity index (χ2v) is 8.91. The molecule has 0 aromatic heterocycles. The summed E-state index contributed by atoms with van der Waals surface area (Å²) < 4.78 is 0. The average molecular weight is 405 g/mol. The SMILES string of the molecule is Cc1ccc(N2C(=O)C3[C@@H]4C[C@H](C(c5ccccc5)=C4c4ccccc4)[C@H]3C2=O)cc1. The number of carbonyl (C=O) groups is 2. The number of aryl methyl sites for hydroxylation is 1. The summed E-state index contributed by atoms with van der Waals surface area (Å²) >= 11 is 0. The molecule has 0 radical (unpaired) electrons. The van der Waals surface area contributed by atoms with Gasteiger partial charge in [0.1, 0.15) is 0 Å². The highest BCUT2D eigenvalue weighted by Gasteiger charge is 2.64. The van der Waals surface area contributed by atoms with Crippen LogP contribution >= 0.6 is 0 Å². The maximum Gasteiger partial charge on any atom is 0.238 e. The van der Waals surface area contributed by atoms with Crippen molar-refractivity contribution in [3.05, 3.63) is 102 Å². The van der Waals surface area contributed by atoms with Crippen LogP contribution in [0.4, 0.5) is 5.69 Å². The van der Waals surface area contributed by atoms with Gasteiger partial charge in [0, 0.05) is 0 Å². The smallest absolute Gasteiger partial charge is 0.238 e. The van der Waals surface area contributed by atoms with Crippen LogP contribution in [0.2, 0.25) is 0 Å². The van der Waals surface area contributed by atoms with Gasteiger partial charge < -0.3 is 0 Å². The molecule has 0 N–H and O–H groups in total. The zero-order chi connectivity index (χ0) is 21.1. The van der Waals surface area contributed by atoms with Crippen molar-refractivity contribution in [2.75, 3.05) is 4.90 Å². The van der Waals surface area contributed by atoms with E-state index in [1.165, 1.54) is 27.2 Å².